The highest BCUT2D eigenvalue weighted by molar-refractivity contribution is 6.30. The average molecular weight is 402 g/mol. The molecule has 6 nitrogen and oxygen atoms in total. The number of carbonyl (C=O) groups is 2. The van der Waals surface area contributed by atoms with E-state index in [4.69, 9.17) is 25.8 Å². The number of fused-ring (bicyclic) bond motifs is 1. The Kier molecular flexibility index (Phi) is 6.55. The molecule has 1 heterocycles. The first kappa shape index (κ1) is 19.8. The molecule has 28 heavy (non-hydrogen) atoms. The molecular formula is C21H20ClNO5. The lowest BCUT2D eigenvalue weighted by molar-refractivity contribution is -0.144. The second kappa shape index (κ2) is 9.28. The zero-order valence-corrected chi connectivity index (χ0v) is 16.1. The van der Waals surface area contributed by atoms with E-state index in [1.807, 2.05) is 25.1 Å². The molecule has 1 aliphatic heterocycles. The number of ether oxygens (including phenoxy) is 3. The van der Waals surface area contributed by atoms with Crippen LogP contribution in [0.15, 0.2) is 48.5 Å². The Labute approximate surface area is 168 Å². The van der Waals surface area contributed by atoms with Gasteiger partial charge in [-0.15, -0.1) is 0 Å². The predicted octanol–water partition coefficient (Wildman–Crippen LogP) is 3.55. The minimum Gasteiger partial charge on any atom is -0.486 e. The Morgan fingerprint density at radius 1 is 1.14 bits per heavy atom. The number of hydrogen-bond donors (Lipinski definition) is 1. The molecule has 7 heteroatoms. The minimum absolute atomic E-state index is 0.272. The van der Waals surface area contributed by atoms with Crippen LogP contribution in [-0.2, 0) is 14.3 Å². The highest BCUT2D eigenvalue weighted by Gasteiger charge is 2.16. The number of esters is 1. The lowest BCUT2D eigenvalue weighted by Gasteiger charge is -2.21. The number of halogens is 1. The summed E-state index contributed by atoms with van der Waals surface area (Å²) < 4.78 is 16.0. The van der Waals surface area contributed by atoms with Crippen molar-refractivity contribution in [3.05, 3.63) is 64.7 Å². The molecule has 1 amide bonds. The number of rotatable bonds is 6. The molecule has 2 aromatic carbocycles. The SMILES string of the molecule is CC(NC(=O)COC(=O)/C=C/c1ccc(Cl)cc1)c1ccc2c(c1)OCCO2. The molecule has 0 saturated heterocycles. The van der Waals surface area contributed by atoms with Crippen molar-refractivity contribution in [2.24, 2.45) is 0 Å². The molecule has 0 aliphatic carbocycles. The molecule has 0 radical (unpaired) electrons. The first-order chi connectivity index (χ1) is 13.5. The maximum Gasteiger partial charge on any atom is 0.331 e. The van der Waals surface area contributed by atoms with Gasteiger partial charge in [0.05, 0.1) is 6.04 Å². The fraction of sp³-hybridized carbons (Fsp3) is 0.238. The van der Waals surface area contributed by atoms with Crippen LogP contribution in [-0.4, -0.2) is 31.7 Å². The highest BCUT2D eigenvalue weighted by Crippen LogP contribution is 2.32. The molecule has 3 rings (SSSR count). The molecule has 1 N–H and O–H groups in total. The van der Waals surface area contributed by atoms with Crippen molar-refractivity contribution >= 4 is 29.6 Å². The van der Waals surface area contributed by atoms with Crippen LogP contribution in [0, 0.1) is 0 Å². The Morgan fingerprint density at radius 3 is 2.61 bits per heavy atom. The fourth-order valence-corrected chi connectivity index (χ4v) is 2.74. The van der Waals surface area contributed by atoms with Gasteiger partial charge in [-0.3, -0.25) is 4.79 Å². The van der Waals surface area contributed by atoms with E-state index in [1.54, 1.807) is 30.3 Å². The van der Waals surface area contributed by atoms with E-state index in [0.29, 0.717) is 29.7 Å². The Morgan fingerprint density at radius 2 is 1.86 bits per heavy atom. The molecule has 1 aliphatic rings. The molecule has 2 aromatic rings. The van der Waals surface area contributed by atoms with Crippen LogP contribution in [0.5, 0.6) is 11.5 Å². The van der Waals surface area contributed by atoms with Crippen molar-refractivity contribution in [1.29, 1.82) is 0 Å². The Bertz CT molecular complexity index is 879. The summed E-state index contributed by atoms with van der Waals surface area (Å²) in [6, 6.07) is 12.2. The maximum absolute atomic E-state index is 12.0. The molecule has 0 fully saturated rings. The van der Waals surface area contributed by atoms with Gasteiger partial charge in [0.15, 0.2) is 18.1 Å². The minimum atomic E-state index is -0.600. The van der Waals surface area contributed by atoms with Crippen molar-refractivity contribution in [3.63, 3.8) is 0 Å². The van der Waals surface area contributed by atoms with Gasteiger partial charge in [-0.05, 0) is 48.4 Å². The lowest BCUT2D eigenvalue weighted by atomic mass is 10.1. The van der Waals surface area contributed by atoms with Crippen LogP contribution in [0.2, 0.25) is 5.02 Å². The quantitative estimate of drug-likeness (QED) is 0.592. The second-order valence-corrected chi connectivity index (χ2v) is 6.62. The van der Waals surface area contributed by atoms with Crippen LogP contribution >= 0.6 is 11.6 Å². The van der Waals surface area contributed by atoms with Crippen molar-refractivity contribution in [1.82, 2.24) is 5.32 Å². The largest absolute Gasteiger partial charge is 0.486 e. The normalized spacial score (nSPS) is 13.8. The summed E-state index contributed by atoms with van der Waals surface area (Å²) in [4.78, 5) is 23.8. The van der Waals surface area contributed by atoms with E-state index in [2.05, 4.69) is 5.32 Å². The van der Waals surface area contributed by atoms with Gasteiger partial charge in [0.1, 0.15) is 13.2 Å². The van der Waals surface area contributed by atoms with Gasteiger partial charge in [0.2, 0.25) is 0 Å². The first-order valence-corrected chi connectivity index (χ1v) is 9.18. The third kappa shape index (κ3) is 5.50. The number of benzene rings is 2. The van der Waals surface area contributed by atoms with Crippen LogP contribution < -0.4 is 14.8 Å². The molecule has 0 aromatic heterocycles. The van der Waals surface area contributed by atoms with Gasteiger partial charge >= 0.3 is 5.97 Å². The molecule has 0 spiro atoms. The Balaban J connectivity index is 1.47. The summed E-state index contributed by atoms with van der Waals surface area (Å²) in [5.74, 6) is 0.353. The average Bonchev–Trinajstić information content (AvgIpc) is 2.71. The van der Waals surface area contributed by atoms with Gasteiger partial charge in [-0.25, -0.2) is 4.79 Å². The molecular weight excluding hydrogens is 382 g/mol. The molecule has 1 atom stereocenters. The third-order valence-electron chi connectivity index (χ3n) is 4.07. The molecule has 0 bridgehead atoms. The predicted molar refractivity (Wildman–Crippen MR) is 105 cm³/mol. The van der Waals surface area contributed by atoms with E-state index < -0.39 is 11.9 Å². The van der Waals surface area contributed by atoms with E-state index in [1.165, 1.54) is 6.08 Å². The lowest BCUT2D eigenvalue weighted by Crippen LogP contribution is -2.31. The summed E-state index contributed by atoms with van der Waals surface area (Å²) in [6.07, 6.45) is 2.86. The van der Waals surface area contributed by atoms with Gasteiger partial charge in [0, 0.05) is 11.1 Å². The fourth-order valence-electron chi connectivity index (χ4n) is 2.62. The monoisotopic (exact) mass is 401 g/mol. The van der Waals surface area contributed by atoms with Gasteiger partial charge in [0.25, 0.3) is 5.91 Å². The van der Waals surface area contributed by atoms with E-state index in [0.717, 1.165) is 11.1 Å². The van der Waals surface area contributed by atoms with E-state index in [-0.39, 0.29) is 12.6 Å². The van der Waals surface area contributed by atoms with E-state index in [9.17, 15) is 9.59 Å². The van der Waals surface area contributed by atoms with E-state index >= 15 is 0 Å². The van der Waals surface area contributed by atoms with Crippen molar-refractivity contribution < 1.29 is 23.8 Å². The third-order valence-corrected chi connectivity index (χ3v) is 4.32. The maximum atomic E-state index is 12.0. The Hall–Kier alpha value is -2.99. The van der Waals surface area contributed by atoms with Crippen LogP contribution in [0.1, 0.15) is 24.1 Å². The van der Waals surface area contributed by atoms with Crippen LogP contribution in [0.4, 0.5) is 0 Å². The zero-order valence-electron chi connectivity index (χ0n) is 15.3. The summed E-state index contributed by atoms with van der Waals surface area (Å²) in [6.45, 7) is 2.50. The van der Waals surface area contributed by atoms with Crippen LogP contribution in [0.3, 0.4) is 0 Å². The van der Waals surface area contributed by atoms with Crippen molar-refractivity contribution in [2.75, 3.05) is 19.8 Å². The van der Waals surface area contributed by atoms with Gasteiger partial charge in [-0.2, -0.15) is 0 Å². The van der Waals surface area contributed by atoms with Gasteiger partial charge in [-0.1, -0.05) is 29.8 Å². The van der Waals surface area contributed by atoms with Crippen molar-refractivity contribution in [3.8, 4) is 11.5 Å². The molecule has 146 valence electrons. The molecule has 0 saturated carbocycles. The molecule has 1 unspecified atom stereocenters. The smallest absolute Gasteiger partial charge is 0.331 e. The summed E-state index contributed by atoms with van der Waals surface area (Å²) in [7, 11) is 0. The number of hydrogen-bond acceptors (Lipinski definition) is 5. The van der Waals surface area contributed by atoms with Gasteiger partial charge < -0.3 is 19.5 Å². The number of nitrogens with one attached hydrogen (secondary N) is 1. The summed E-state index contributed by atoms with van der Waals surface area (Å²) in [5.41, 5.74) is 1.67. The number of amides is 1. The van der Waals surface area contributed by atoms with Crippen molar-refractivity contribution in [2.45, 2.75) is 13.0 Å². The standard InChI is InChI=1S/C21H20ClNO5/c1-14(16-5-8-18-19(12-16)27-11-10-26-18)23-20(24)13-28-21(25)9-4-15-2-6-17(22)7-3-15/h2-9,12,14H,10-11,13H2,1H3,(H,23,24)/b9-4+. The summed E-state index contributed by atoms with van der Waals surface area (Å²) in [5, 5.41) is 3.40. The summed E-state index contributed by atoms with van der Waals surface area (Å²) >= 11 is 5.81. The first-order valence-electron chi connectivity index (χ1n) is 8.80. The number of carbonyl (C=O) groups excluding carboxylic acids is 2. The topological polar surface area (TPSA) is 73.9 Å². The highest BCUT2D eigenvalue weighted by atomic mass is 35.5. The van der Waals surface area contributed by atoms with Crippen LogP contribution in [0.25, 0.3) is 6.08 Å². The zero-order chi connectivity index (χ0) is 19.9. The second-order valence-electron chi connectivity index (χ2n) is 6.18.